The quantitative estimate of drug-likeness (QED) is 0.291. The summed E-state index contributed by atoms with van der Waals surface area (Å²) in [5.41, 5.74) is 1.89. The molecule has 0 amide bonds. The SMILES string of the molecule is [CH2-]CCCOCN1CC(O)C(=S)N1c1ccc(C(O)C2(CCC)CCC2)cc1.[Y]. The Morgan fingerprint density at radius 1 is 1.31 bits per heavy atom. The van der Waals surface area contributed by atoms with Gasteiger partial charge in [0.2, 0.25) is 0 Å². The standard InChI is InChI=1S/C22H33N2O3S.Y/c1-3-5-14-27-16-23-15-19(25)21(28)24(23)18-9-7-17(8-10-18)20(26)22(11-4-2)12-6-13-22;/h7-10,19-20,25-26H,1,3-6,11-16H2,2H3;/q-1;. The number of β-amino-alcohol motifs (C(OH)–C–C–N with tert-alkyl or cyclic N) is 1. The van der Waals surface area contributed by atoms with Crippen molar-refractivity contribution in [2.24, 2.45) is 5.41 Å². The van der Waals surface area contributed by atoms with Gasteiger partial charge in [0.05, 0.1) is 18.3 Å². The van der Waals surface area contributed by atoms with E-state index in [1.54, 1.807) is 0 Å². The molecule has 1 aliphatic heterocycles. The Kier molecular flexibility index (Phi) is 10.1. The van der Waals surface area contributed by atoms with E-state index in [0.29, 0.717) is 24.9 Å². The number of hydrazine groups is 1. The number of hydrogen-bond acceptors (Lipinski definition) is 5. The summed E-state index contributed by atoms with van der Waals surface area (Å²) in [7, 11) is 0. The fourth-order valence-electron chi connectivity index (χ4n) is 4.36. The van der Waals surface area contributed by atoms with E-state index in [1.165, 1.54) is 6.42 Å². The van der Waals surface area contributed by atoms with Crippen molar-refractivity contribution in [3.8, 4) is 0 Å². The van der Waals surface area contributed by atoms with Crippen molar-refractivity contribution in [3.63, 3.8) is 0 Å². The van der Waals surface area contributed by atoms with Crippen LogP contribution in [0.2, 0.25) is 0 Å². The molecule has 1 saturated carbocycles. The Morgan fingerprint density at radius 3 is 2.55 bits per heavy atom. The Balaban J connectivity index is 0.00000300. The van der Waals surface area contributed by atoms with Crippen LogP contribution in [0.15, 0.2) is 24.3 Å². The van der Waals surface area contributed by atoms with Crippen LogP contribution in [0.25, 0.3) is 0 Å². The normalized spacial score (nSPS) is 22.3. The molecular weight excluding hydrogens is 461 g/mol. The number of ether oxygens (including phenoxy) is 1. The summed E-state index contributed by atoms with van der Waals surface area (Å²) in [6.45, 7) is 7.44. The van der Waals surface area contributed by atoms with E-state index in [1.807, 2.05) is 34.3 Å². The maximum Gasteiger partial charge on any atom is 0.128 e. The molecule has 2 unspecified atom stereocenters. The summed E-state index contributed by atoms with van der Waals surface area (Å²) in [5.74, 6) is 0. The second-order valence-electron chi connectivity index (χ2n) is 8.06. The van der Waals surface area contributed by atoms with Crippen molar-refractivity contribution >= 4 is 22.9 Å². The molecule has 5 nitrogen and oxygen atoms in total. The molecule has 1 aromatic rings. The third-order valence-corrected chi connectivity index (χ3v) is 6.52. The Morgan fingerprint density at radius 2 is 2.00 bits per heavy atom. The van der Waals surface area contributed by atoms with Gasteiger partial charge in [-0.05, 0) is 37.0 Å². The molecule has 2 fully saturated rings. The van der Waals surface area contributed by atoms with Crippen molar-refractivity contribution in [1.82, 2.24) is 5.01 Å². The maximum absolute atomic E-state index is 11.0. The monoisotopic (exact) mass is 494 g/mol. The van der Waals surface area contributed by atoms with Gasteiger partial charge in [0.1, 0.15) is 17.8 Å². The van der Waals surface area contributed by atoms with Crippen LogP contribution in [-0.4, -0.2) is 46.2 Å². The molecule has 0 bridgehead atoms. The van der Waals surface area contributed by atoms with Gasteiger partial charge in [0.25, 0.3) is 0 Å². The molecule has 2 atom stereocenters. The van der Waals surface area contributed by atoms with Crippen LogP contribution in [0.5, 0.6) is 0 Å². The predicted molar refractivity (Wildman–Crippen MR) is 116 cm³/mol. The predicted octanol–water partition coefficient (Wildman–Crippen LogP) is 4.00. The fourth-order valence-corrected chi connectivity index (χ4v) is 4.65. The molecule has 1 aromatic carbocycles. The maximum atomic E-state index is 11.0. The molecule has 0 aromatic heterocycles. The summed E-state index contributed by atoms with van der Waals surface area (Å²) in [6.07, 6.45) is 6.22. The number of hydrogen-bond donors (Lipinski definition) is 2. The van der Waals surface area contributed by atoms with Crippen molar-refractivity contribution in [3.05, 3.63) is 36.8 Å². The Hall–Kier alpha value is 0.0539. The summed E-state index contributed by atoms with van der Waals surface area (Å²) in [4.78, 5) is 0.482. The zero-order valence-electron chi connectivity index (χ0n) is 17.4. The summed E-state index contributed by atoms with van der Waals surface area (Å²) in [5, 5.41) is 25.0. The minimum absolute atomic E-state index is 0. The van der Waals surface area contributed by atoms with E-state index in [0.717, 1.165) is 49.8 Å². The van der Waals surface area contributed by atoms with Gasteiger partial charge in [0, 0.05) is 44.7 Å². The summed E-state index contributed by atoms with van der Waals surface area (Å²) >= 11 is 5.45. The fraction of sp³-hybridized carbons (Fsp3) is 0.636. The smallest absolute Gasteiger partial charge is 0.128 e. The molecule has 1 heterocycles. The second kappa shape index (κ2) is 11.6. The van der Waals surface area contributed by atoms with Crippen molar-refractivity contribution in [2.75, 3.05) is 24.9 Å². The number of nitrogens with zero attached hydrogens (tertiary/aromatic N) is 2. The third-order valence-electron chi connectivity index (χ3n) is 6.07. The molecule has 1 saturated heterocycles. The summed E-state index contributed by atoms with van der Waals surface area (Å²) in [6, 6.07) is 7.93. The third kappa shape index (κ3) is 5.65. The molecule has 1 aliphatic carbocycles. The van der Waals surface area contributed by atoms with E-state index < -0.39 is 12.2 Å². The zero-order valence-corrected chi connectivity index (χ0v) is 21.1. The summed E-state index contributed by atoms with van der Waals surface area (Å²) < 4.78 is 5.70. The first-order valence-electron chi connectivity index (χ1n) is 10.4. The minimum Gasteiger partial charge on any atom is -0.388 e. The van der Waals surface area contributed by atoms with Crippen molar-refractivity contribution < 1.29 is 47.7 Å². The number of aliphatic hydroxyl groups excluding tert-OH is 2. The van der Waals surface area contributed by atoms with Crippen molar-refractivity contribution in [2.45, 2.75) is 64.1 Å². The van der Waals surface area contributed by atoms with Crippen LogP contribution in [0.4, 0.5) is 5.69 Å². The van der Waals surface area contributed by atoms with Gasteiger partial charge in [0.15, 0.2) is 0 Å². The zero-order chi connectivity index (χ0) is 20.1. The average Bonchev–Trinajstić information content (AvgIpc) is 2.95. The molecule has 7 heteroatoms. The topological polar surface area (TPSA) is 56.2 Å². The first-order valence-corrected chi connectivity index (χ1v) is 10.8. The van der Waals surface area contributed by atoms with Crippen LogP contribution in [0.1, 0.15) is 63.5 Å². The van der Waals surface area contributed by atoms with Crippen LogP contribution in [-0.2, 0) is 37.4 Å². The second-order valence-corrected chi connectivity index (χ2v) is 8.48. The number of unbranched alkanes of at least 4 members (excludes halogenated alkanes) is 1. The molecule has 2 N–H and O–H groups in total. The van der Waals surface area contributed by atoms with E-state index >= 15 is 0 Å². The molecule has 29 heavy (non-hydrogen) atoms. The first-order chi connectivity index (χ1) is 13.5. The Bertz CT molecular complexity index is 654. The van der Waals surface area contributed by atoms with Crippen molar-refractivity contribution in [1.29, 1.82) is 0 Å². The number of rotatable bonds is 10. The molecule has 0 spiro atoms. The van der Waals surface area contributed by atoms with Crippen LogP contribution >= 0.6 is 12.2 Å². The number of thiocarbonyl (C=S) groups is 1. The average molecular weight is 494 g/mol. The number of aliphatic hydroxyl groups is 2. The molecular formula is C22H33N2O3SY-. The Labute approximate surface area is 205 Å². The number of benzene rings is 1. The molecule has 2 aliphatic rings. The minimum atomic E-state index is -0.681. The van der Waals surface area contributed by atoms with Gasteiger partial charge in [-0.15, -0.1) is 0 Å². The van der Waals surface area contributed by atoms with Crippen LogP contribution in [0, 0.1) is 12.3 Å². The first kappa shape index (κ1) is 25.3. The van der Waals surface area contributed by atoms with E-state index in [4.69, 9.17) is 17.0 Å². The molecule has 3 rings (SSSR count). The molecule has 159 valence electrons. The van der Waals surface area contributed by atoms with Crippen LogP contribution < -0.4 is 5.01 Å². The van der Waals surface area contributed by atoms with E-state index in [2.05, 4.69) is 13.8 Å². The number of anilines is 1. The molecule has 1 radical (unpaired) electrons. The van der Waals surface area contributed by atoms with Gasteiger partial charge in [-0.3, -0.25) is 5.01 Å². The van der Waals surface area contributed by atoms with Gasteiger partial charge >= 0.3 is 0 Å². The van der Waals surface area contributed by atoms with Gasteiger partial charge in [-0.1, -0.05) is 50.5 Å². The van der Waals surface area contributed by atoms with E-state index in [-0.39, 0.29) is 38.1 Å². The van der Waals surface area contributed by atoms with Gasteiger partial charge in [-0.25, -0.2) is 0 Å². The van der Waals surface area contributed by atoms with Crippen LogP contribution in [0.3, 0.4) is 0 Å². The van der Waals surface area contributed by atoms with Gasteiger partial charge < -0.3 is 21.9 Å². The van der Waals surface area contributed by atoms with E-state index in [9.17, 15) is 10.2 Å². The van der Waals surface area contributed by atoms with Gasteiger partial charge in [-0.2, -0.15) is 11.4 Å². The largest absolute Gasteiger partial charge is 0.388 e.